The minimum Gasteiger partial charge on any atom is -0.354 e. The van der Waals surface area contributed by atoms with E-state index in [1.807, 2.05) is 43.3 Å². The molecule has 0 bridgehead atoms. The molecule has 0 fully saturated rings. The van der Waals surface area contributed by atoms with Gasteiger partial charge >= 0.3 is 0 Å². The summed E-state index contributed by atoms with van der Waals surface area (Å²) in [7, 11) is 0. The molecule has 0 spiro atoms. The molecular formula is C23H18I3N7. The Hall–Kier alpha value is -1.94. The Morgan fingerprint density at radius 1 is 0.939 bits per heavy atom. The van der Waals surface area contributed by atoms with Crippen molar-refractivity contribution >= 4 is 91.3 Å². The zero-order chi connectivity index (χ0) is 23.3. The Kier molecular flexibility index (Phi) is 8.06. The molecule has 0 atom stereocenters. The second kappa shape index (κ2) is 11.0. The number of hydrazone groups is 1. The molecule has 0 aliphatic heterocycles. The number of anilines is 3. The van der Waals surface area contributed by atoms with Crippen molar-refractivity contribution in [2.45, 2.75) is 6.36 Å². The van der Waals surface area contributed by atoms with Gasteiger partial charge in [0.25, 0.3) is 0 Å². The molecule has 33 heavy (non-hydrogen) atoms. The molecule has 3 aromatic heterocycles. The largest absolute Gasteiger partial charge is 0.354 e. The summed E-state index contributed by atoms with van der Waals surface area (Å²) in [5, 5.41) is 7.63. The smallest absolute Gasteiger partial charge is 0.244 e. The lowest BCUT2D eigenvalue weighted by Gasteiger charge is -2.14. The van der Waals surface area contributed by atoms with Crippen molar-refractivity contribution in [3.05, 3.63) is 90.1 Å². The fourth-order valence-corrected chi connectivity index (χ4v) is 3.94. The predicted molar refractivity (Wildman–Crippen MR) is 159 cm³/mol. The molecule has 0 saturated heterocycles. The van der Waals surface area contributed by atoms with Crippen LogP contribution in [0.25, 0.3) is 11.3 Å². The fourth-order valence-electron chi connectivity index (χ4n) is 2.93. The molecular weight excluding hydrogens is 755 g/mol. The highest BCUT2D eigenvalue weighted by Crippen LogP contribution is 2.46. The third kappa shape index (κ3) is 7.02. The van der Waals surface area contributed by atoms with Crippen molar-refractivity contribution in [2.24, 2.45) is 5.10 Å². The summed E-state index contributed by atoms with van der Waals surface area (Å²) in [5.41, 5.74) is 9.31. The maximum absolute atomic E-state index is 4.51. The average Bonchev–Trinajstić information content (AvgIpc) is 2.80. The highest BCUT2D eigenvalue weighted by molar-refractivity contribution is 14.3. The quantitative estimate of drug-likeness (QED) is 0.0926. The summed E-state index contributed by atoms with van der Waals surface area (Å²) >= 11 is 7.26. The van der Waals surface area contributed by atoms with Crippen LogP contribution in [0.1, 0.15) is 17.0 Å². The Morgan fingerprint density at radius 3 is 2.55 bits per heavy atom. The van der Waals surface area contributed by atoms with Gasteiger partial charge in [-0.2, -0.15) is 5.10 Å². The predicted octanol–water partition coefficient (Wildman–Crippen LogP) is 6.85. The van der Waals surface area contributed by atoms with Gasteiger partial charge in [0.1, 0.15) is -0.565 Å². The molecule has 0 amide bonds. The lowest BCUT2D eigenvalue weighted by Crippen LogP contribution is -2.01. The lowest BCUT2D eigenvalue weighted by atomic mass is 10.2. The molecule has 0 unspecified atom stereocenters. The number of nitrogens with zero attached hydrogens (tertiary/aromatic N) is 5. The summed E-state index contributed by atoms with van der Waals surface area (Å²) in [6.45, 7) is 1.92. The monoisotopic (exact) mass is 773 g/mol. The van der Waals surface area contributed by atoms with Gasteiger partial charge in [0.05, 0.1) is 29.5 Å². The zero-order valence-electron chi connectivity index (χ0n) is 17.4. The number of hydrogen-bond donors (Lipinski definition) is 2. The summed E-state index contributed by atoms with van der Waals surface area (Å²) in [6.07, 6.45) is 6.92. The molecule has 0 radical (unpaired) electrons. The normalized spacial score (nSPS) is 11.5. The van der Waals surface area contributed by atoms with Crippen molar-refractivity contribution in [1.82, 2.24) is 19.9 Å². The molecule has 10 heteroatoms. The average molecular weight is 773 g/mol. The van der Waals surface area contributed by atoms with Gasteiger partial charge in [-0.3, -0.25) is 9.97 Å². The number of pyridine rings is 2. The number of aryl methyl sites for hydroxylation is 1. The standard InChI is InChI=1S/C23H18I3N7/c1-15-10-21(16-4-3-9-27-12-16)32-22(30-15)33-29-14-19-7-8-20(13-28-19)31-18-6-2-5-17(11-18)23(24,25)26/h2-14,31H,1H3,(H,30,32,33)/b29-14+. The summed E-state index contributed by atoms with van der Waals surface area (Å²) < 4.78 is 0.0102. The Morgan fingerprint density at radius 2 is 1.82 bits per heavy atom. The van der Waals surface area contributed by atoms with Crippen LogP contribution in [0.15, 0.2) is 78.3 Å². The van der Waals surface area contributed by atoms with Crippen molar-refractivity contribution in [3.63, 3.8) is 0 Å². The van der Waals surface area contributed by atoms with Crippen molar-refractivity contribution in [3.8, 4) is 11.3 Å². The van der Waals surface area contributed by atoms with Crippen LogP contribution < -0.4 is 10.7 Å². The number of aromatic nitrogens is 4. The van der Waals surface area contributed by atoms with Gasteiger partial charge in [-0.15, -0.1) is 0 Å². The highest BCUT2D eigenvalue weighted by atomic mass is 127. The SMILES string of the molecule is Cc1cc(-c2cccnc2)nc(N/N=C/c2ccc(Nc3cccc(C(I)(I)I)c3)cn2)n1. The number of benzene rings is 1. The summed E-state index contributed by atoms with van der Waals surface area (Å²) in [4.78, 5) is 17.5. The van der Waals surface area contributed by atoms with Gasteiger partial charge < -0.3 is 5.32 Å². The van der Waals surface area contributed by atoms with Gasteiger partial charge in [0.2, 0.25) is 5.95 Å². The van der Waals surface area contributed by atoms with Crippen molar-refractivity contribution in [1.29, 1.82) is 0 Å². The summed E-state index contributed by atoms with van der Waals surface area (Å²) in [5.74, 6) is 0.417. The second-order valence-corrected chi connectivity index (χ2v) is 18.1. The number of alkyl halides is 3. The van der Waals surface area contributed by atoms with E-state index in [1.165, 1.54) is 5.56 Å². The van der Waals surface area contributed by atoms with Crippen LogP contribution in [0.3, 0.4) is 0 Å². The second-order valence-electron chi connectivity index (χ2n) is 7.01. The van der Waals surface area contributed by atoms with Gasteiger partial charge in [0, 0.05) is 29.3 Å². The number of rotatable bonds is 7. The van der Waals surface area contributed by atoms with Gasteiger partial charge in [-0.25, -0.2) is 15.4 Å². The first-order valence-corrected chi connectivity index (χ1v) is 13.1. The molecule has 0 aliphatic carbocycles. The minimum absolute atomic E-state index is 0.0102. The van der Waals surface area contributed by atoms with Crippen LogP contribution in [0.5, 0.6) is 0 Å². The highest BCUT2D eigenvalue weighted by Gasteiger charge is 2.20. The Labute approximate surface area is 232 Å². The van der Waals surface area contributed by atoms with E-state index in [0.717, 1.165) is 28.3 Å². The molecule has 166 valence electrons. The van der Waals surface area contributed by atoms with E-state index in [9.17, 15) is 0 Å². The van der Waals surface area contributed by atoms with Crippen LogP contribution in [0, 0.1) is 6.92 Å². The van der Waals surface area contributed by atoms with Crippen LogP contribution in [-0.2, 0) is -0.565 Å². The Balaban J connectivity index is 1.41. The zero-order valence-corrected chi connectivity index (χ0v) is 23.8. The van der Waals surface area contributed by atoms with E-state index in [-0.39, 0.29) is -0.565 Å². The third-order valence-corrected chi connectivity index (χ3v) is 6.31. The van der Waals surface area contributed by atoms with E-state index in [2.05, 4.69) is 122 Å². The van der Waals surface area contributed by atoms with Crippen LogP contribution in [0.2, 0.25) is 0 Å². The molecule has 4 rings (SSSR count). The number of halogens is 3. The summed E-state index contributed by atoms with van der Waals surface area (Å²) in [6, 6.07) is 18.0. The van der Waals surface area contributed by atoms with E-state index < -0.39 is 0 Å². The maximum Gasteiger partial charge on any atom is 0.244 e. The topological polar surface area (TPSA) is 88.0 Å². The van der Waals surface area contributed by atoms with E-state index in [0.29, 0.717) is 11.6 Å². The third-order valence-electron chi connectivity index (χ3n) is 4.44. The van der Waals surface area contributed by atoms with Gasteiger partial charge in [-0.1, -0.05) is 12.1 Å². The van der Waals surface area contributed by atoms with E-state index in [4.69, 9.17) is 0 Å². The van der Waals surface area contributed by atoms with E-state index >= 15 is 0 Å². The molecule has 4 aromatic rings. The first kappa shape index (κ1) is 24.2. The lowest BCUT2D eigenvalue weighted by molar-refractivity contribution is 1.07. The molecule has 7 nitrogen and oxygen atoms in total. The first-order chi connectivity index (χ1) is 15.9. The molecule has 0 aliphatic rings. The van der Waals surface area contributed by atoms with Crippen LogP contribution in [0.4, 0.5) is 17.3 Å². The van der Waals surface area contributed by atoms with Gasteiger partial charge in [-0.05, 0) is 123 Å². The Bertz CT molecular complexity index is 1260. The van der Waals surface area contributed by atoms with E-state index in [1.54, 1.807) is 24.8 Å². The molecule has 3 heterocycles. The van der Waals surface area contributed by atoms with Crippen molar-refractivity contribution < 1.29 is 0 Å². The fraction of sp³-hybridized carbons (Fsp3) is 0.0870. The molecule has 1 aromatic carbocycles. The molecule has 0 saturated carbocycles. The molecule has 2 N–H and O–H groups in total. The number of nitrogens with one attached hydrogen (secondary N) is 2. The number of hydrogen-bond acceptors (Lipinski definition) is 7. The van der Waals surface area contributed by atoms with Crippen LogP contribution in [-0.4, -0.2) is 26.2 Å². The van der Waals surface area contributed by atoms with Crippen LogP contribution >= 0.6 is 67.8 Å². The van der Waals surface area contributed by atoms with Crippen molar-refractivity contribution in [2.75, 3.05) is 10.7 Å². The minimum atomic E-state index is 0.0102. The maximum atomic E-state index is 4.51. The van der Waals surface area contributed by atoms with Gasteiger partial charge in [0.15, 0.2) is 0 Å². The first-order valence-electron chi connectivity index (χ1n) is 9.82.